The summed E-state index contributed by atoms with van der Waals surface area (Å²) in [6.45, 7) is 11.2. The van der Waals surface area contributed by atoms with Crippen LogP contribution < -0.4 is 14.5 Å². The van der Waals surface area contributed by atoms with Gasteiger partial charge in [-0.25, -0.2) is 0 Å². The summed E-state index contributed by atoms with van der Waals surface area (Å²) >= 11 is 0. The second-order valence-corrected chi connectivity index (χ2v) is 15.6. The van der Waals surface area contributed by atoms with Gasteiger partial charge in [0.1, 0.15) is 30.2 Å². The molecule has 0 radical (unpaired) electrons. The van der Waals surface area contributed by atoms with Gasteiger partial charge in [-0.05, 0) is 60.6 Å². The largest absolute Gasteiger partial charge is 0.497 e. The first-order valence-corrected chi connectivity index (χ1v) is 19.5. The van der Waals surface area contributed by atoms with Gasteiger partial charge in [-0.2, -0.15) is 0 Å². The Bertz CT molecular complexity index is 2250. The number of aryl methyl sites for hydroxylation is 1. The zero-order valence-corrected chi connectivity index (χ0v) is 31.6. The summed E-state index contributed by atoms with van der Waals surface area (Å²) in [4.78, 5) is 17.6. The lowest BCUT2D eigenvalue weighted by atomic mass is 9.71. The van der Waals surface area contributed by atoms with E-state index in [1.165, 1.54) is 12.0 Å². The predicted molar refractivity (Wildman–Crippen MR) is 209 cm³/mol. The van der Waals surface area contributed by atoms with Gasteiger partial charge in [0.15, 0.2) is 0 Å². The van der Waals surface area contributed by atoms with Crippen molar-refractivity contribution < 1.29 is 23.3 Å². The van der Waals surface area contributed by atoms with Gasteiger partial charge in [0, 0.05) is 58.4 Å². The number of pyridine rings is 2. The molecular weight excluding hydrogens is 683 g/mol. The number of aliphatic hydroxyl groups excluding tert-OH is 1. The Labute approximate surface area is 313 Å². The van der Waals surface area contributed by atoms with Gasteiger partial charge in [-0.15, -0.1) is 6.58 Å². The van der Waals surface area contributed by atoms with Crippen molar-refractivity contribution in [2.75, 3.05) is 27.3 Å². The van der Waals surface area contributed by atoms with Crippen LogP contribution in [0.5, 0.6) is 11.5 Å². The van der Waals surface area contributed by atoms with E-state index in [0.717, 1.165) is 69.6 Å². The maximum Gasteiger partial charge on any atom is 0.131 e. The van der Waals surface area contributed by atoms with Crippen LogP contribution in [0.2, 0.25) is 0 Å². The Morgan fingerprint density at radius 1 is 1.02 bits per heavy atom. The average Bonchev–Trinajstić information content (AvgIpc) is 3.63. The van der Waals surface area contributed by atoms with Crippen molar-refractivity contribution in [3.63, 3.8) is 0 Å². The molecule has 10 heteroatoms. The standard InChI is InChI=1S/C26H29N2O.C17H18N3O3S/c1-2-20-18-28(17-19-8-4-3-5-9-19)15-13-21(20)16-25(28)26(29)23-12-14-27-24-11-7-6-10-22(23)24;1-10-8-18-15(11(2)16(10)23-4)9-24(21)17-19-13-6-5-12(22-3)7-14(13)20-17/h2-12,14,20-21,25-26,29H,1,13,15-18H2;5-8H,9H2,1-4H3/q+1;-1/t20?,21?,25-,26+,28?;/m1./s1. The Hall–Kier alpha value is -4.90. The quantitative estimate of drug-likeness (QED) is 0.115. The molecule has 1 N–H and O–H groups in total. The molecule has 4 unspecified atom stereocenters. The summed E-state index contributed by atoms with van der Waals surface area (Å²) < 4.78 is 24.2. The number of quaternary nitrogens is 1. The van der Waals surface area contributed by atoms with Crippen LogP contribution >= 0.6 is 0 Å². The van der Waals surface area contributed by atoms with Crippen molar-refractivity contribution in [3.05, 3.63) is 132 Å². The van der Waals surface area contributed by atoms with Crippen LogP contribution in [-0.4, -0.2) is 62.1 Å². The third-order valence-corrected chi connectivity index (χ3v) is 12.3. The molecule has 3 fully saturated rings. The highest BCUT2D eigenvalue weighted by molar-refractivity contribution is 7.84. The lowest BCUT2D eigenvalue weighted by Gasteiger charge is -2.58. The number of rotatable bonds is 10. The Balaban J connectivity index is 0.000000168. The molecule has 0 spiro atoms. The van der Waals surface area contributed by atoms with Gasteiger partial charge in [0.05, 0.1) is 55.1 Å². The van der Waals surface area contributed by atoms with Gasteiger partial charge < -0.3 is 29.0 Å². The van der Waals surface area contributed by atoms with E-state index < -0.39 is 16.9 Å². The number of hydrogen-bond donors (Lipinski definition) is 1. The van der Waals surface area contributed by atoms with Crippen molar-refractivity contribution in [1.29, 1.82) is 0 Å². The number of ether oxygens (including phenoxy) is 2. The topological polar surface area (TPSA) is 109 Å². The minimum Gasteiger partial charge on any atom is -0.497 e. The molecule has 53 heavy (non-hydrogen) atoms. The fourth-order valence-electron chi connectivity index (χ4n) is 8.46. The number of methoxy groups -OCH3 is 2. The zero-order chi connectivity index (χ0) is 37.1. The van der Waals surface area contributed by atoms with E-state index in [9.17, 15) is 9.32 Å². The van der Waals surface area contributed by atoms with Crippen LogP contribution in [0.1, 0.15) is 46.9 Å². The molecule has 2 bridgehead atoms. The number of para-hydroxylation sites is 1. The highest BCUT2D eigenvalue weighted by atomic mass is 32.2. The first-order chi connectivity index (χ1) is 25.7. The van der Waals surface area contributed by atoms with E-state index in [2.05, 4.69) is 69.0 Å². The fourth-order valence-corrected chi connectivity index (χ4v) is 9.53. The third kappa shape index (κ3) is 7.36. The van der Waals surface area contributed by atoms with Crippen molar-refractivity contribution in [1.82, 2.24) is 19.9 Å². The molecule has 0 saturated carbocycles. The predicted octanol–water partition coefficient (Wildman–Crippen LogP) is 7.41. The summed E-state index contributed by atoms with van der Waals surface area (Å²) in [5.74, 6) is 2.90. The van der Waals surface area contributed by atoms with Crippen molar-refractivity contribution >= 4 is 32.7 Å². The molecule has 6 atom stereocenters. The minimum absolute atomic E-state index is 0.205. The number of aromatic nitrogens is 4. The summed E-state index contributed by atoms with van der Waals surface area (Å²) in [5.41, 5.74) is 7.27. The van der Waals surface area contributed by atoms with Crippen LogP contribution in [0.15, 0.2) is 109 Å². The number of fused-ring (bicyclic) bond motifs is 5. The highest BCUT2D eigenvalue weighted by Crippen LogP contribution is 2.48. The number of piperidine rings is 3. The normalized spacial score (nSPS) is 21.8. The van der Waals surface area contributed by atoms with Gasteiger partial charge in [0.25, 0.3) is 0 Å². The summed E-state index contributed by atoms with van der Waals surface area (Å²) in [6.07, 6.45) is 7.52. The third-order valence-electron chi connectivity index (χ3n) is 11.2. The monoisotopic (exact) mass is 729 g/mol. The maximum absolute atomic E-state index is 12.6. The second-order valence-electron chi connectivity index (χ2n) is 14.3. The Morgan fingerprint density at radius 3 is 2.58 bits per heavy atom. The fraction of sp³-hybridized carbons (Fsp3) is 0.326. The second kappa shape index (κ2) is 15.6. The average molecular weight is 730 g/mol. The summed E-state index contributed by atoms with van der Waals surface area (Å²) in [6, 6.07) is 26.5. The molecule has 6 aromatic rings. The molecule has 9 rings (SSSR count). The van der Waals surface area contributed by atoms with Crippen LogP contribution in [0, 0.1) is 25.7 Å². The molecule has 6 heterocycles. The Morgan fingerprint density at radius 2 is 1.81 bits per heavy atom. The van der Waals surface area contributed by atoms with Gasteiger partial charge >= 0.3 is 0 Å². The van der Waals surface area contributed by atoms with Gasteiger partial charge in [0.2, 0.25) is 0 Å². The molecule has 3 saturated heterocycles. The van der Waals surface area contributed by atoms with Crippen molar-refractivity contribution in [3.8, 4) is 11.5 Å². The van der Waals surface area contributed by atoms with Crippen molar-refractivity contribution in [2.24, 2.45) is 11.8 Å². The summed E-state index contributed by atoms with van der Waals surface area (Å²) in [7, 11) is 1.83. The van der Waals surface area contributed by atoms with E-state index in [0.29, 0.717) is 33.8 Å². The molecule has 3 aromatic carbocycles. The molecule has 3 aliphatic heterocycles. The van der Waals surface area contributed by atoms with Crippen LogP contribution in [0.25, 0.3) is 21.9 Å². The maximum atomic E-state index is 12.6. The van der Waals surface area contributed by atoms with Crippen LogP contribution in [0.3, 0.4) is 0 Å². The lowest BCUT2D eigenvalue weighted by molar-refractivity contribution is -0.984. The molecule has 274 valence electrons. The molecule has 9 nitrogen and oxygen atoms in total. The first kappa shape index (κ1) is 36.5. The lowest BCUT2D eigenvalue weighted by Crippen LogP contribution is -2.67. The number of imidazole rings is 1. The SMILES string of the molecule is C=CC1C[N+]2(Cc3ccccc3)CCC1C[C@@H]2[C@@H](O)c1ccnc2ccccc12.COc1ccc2[n-]c(S(=O)Cc3ncc(C)c(OC)c3C)nc2c1. The van der Waals surface area contributed by atoms with E-state index in [1.807, 2.05) is 44.3 Å². The number of hydrogen-bond acceptors (Lipinski definition) is 7. The van der Waals surface area contributed by atoms with Crippen molar-refractivity contribution in [2.45, 2.75) is 56.3 Å². The molecule has 0 aliphatic carbocycles. The van der Waals surface area contributed by atoms with Crippen LogP contribution in [-0.2, 0) is 23.1 Å². The first-order valence-electron chi connectivity index (χ1n) is 18.1. The highest BCUT2D eigenvalue weighted by Gasteiger charge is 2.54. The van der Waals surface area contributed by atoms with E-state index in [4.69, 9.17) is 9.47 Å². The van der Waals surface area contributed by atoms with E-state index in [-0.39, 0.29) is 11.8 Å². The van der Waals surface area contributed by atoms with Gasteiger partial charge in [-0.1, -0.05) is 60.7 Å². The van der Waals surface area contributed by atoms with Gasteiger partial charge in [-0.3, -0.25) is 14.2 Å². The minimum atomic E-state index is -1.38. The smallest absolute Gasteiger partial charge is 0.131 e. The summed E-state index contributed by atoms with van der Waals surface area (Å²) in [5, 5.41) is 13.1. The molecule has 0 amide bonds. The van der Waals surface area contributed by atoms with E-state index >= 15 is 0 Å². The van der Waals surface area contributed by atoms with E-state index in [1.54, 1.807) is 38.6 Å². The number of benzene rings is 3. The van der Waals surface area contributed by atoms with Crippen LogP contribution in [0.4, 0.5) is 0 Å². The molecule has 3 aliphatic rings. The number of nitrogens with zero attached hydrogens (tertiary/aromatic N) is 5. The Kier molecular flexibility index (Phi) is 10.7. The molecular formula is C43H47N5O4S. The number of aliphatic hydroxyl groups is 1. The zero-order valence-electron chi connectivity index (χ0n) is 30.8. The molecule has 3 aromatic heterocycles.